The van der Waals surface area contributed by atoms with E-state index in [1.54, 1.807) is 36.4 Å². The van der Waals surface area contributed by atoms with E-state index >= 15 is 0 Å². The lowest BCUT2D eigenvalue weighted by atomic mass is 10.1. The average Bonchev–Trinajstić information content (AvgIpc) is 3.12. The Morgan fingerprint density at radius 3 is 2.45 bits per heavy atom. The van der Waals surface area contributed by atoms with E-state index in [0.717, 1.165) is 21.2 Å². The van der Waals surface area contributed by atoms with Crippen molar-refractivity contribution in [1.29, 1.82) is 0 Å². The third-order valence-corrected chi connectivity index (χ3v) is 6.25. The van der Waals surface area contributed by atoms with E-state index in [2.05, 4.69) is 10.5 Å². The molecule has 1 amide bonds. The molecule has 1 aromatic heterocycles. The van der Waals surface area contributed by atoms with Crippen LogP contribution in [0.2, 0.25) is 5.02 Å². The molecule has 31 heavy (non-hydrogen) atoms. The molecule has 5 nitrogen and oxygen atoms in total. The van der Waals surface area contributed by atoms with Crippen LogP contribution in [0.25, 0.3) is 10.1 Å². The van der Waals surface area contributed by atoms with Crippen molar-refractivity contribution >= 4 is 51.1 Å². The first kappa shape index (κ1) is 20.8. The molecule has 0 bridgehead atoms. The summed E-state index contributed by atoms with van der Waals surface area (Å²) in [5.41, 5.74) is 4.61. The van der Waals surface area contributed by atoms with Gasteiger partial charge in [0.2, 0.25) is 0 Å². The van der Waals surface area contributed by atoms with Gasteiger partial charge in [-0.05, 0) is 54.4 Å². The average molecular weight is 449 g/mol. The maximum atomic E-state index is 12.4. The fourth-order valence-electron chi connectivity index (χ4n) is 2.96. The Kier molecular flexibility index (Phi) is 6.11. The second kappa shape index (κ2) is 9.12. The van der Waals surface area contributed by atoms with Gasteiger partial charge in [0.25, 0.3) is 5.91 Å². The first-order valence-corrected chi connectivity index (χ1v) is 10.6. The summed E-state index contributed by atoms with van der Waals surface area (Å²) in [7, 11) is 0. The van der Waals surface area contributed by atoms with Crippen molar-refractivity contribution < 1.29 is 14.3 Å². The summed E-state index contributed by atoms with van der Waals surface area (Å²) in [6.45, 7) is 1.86. The van der Waals surface area contributed by atoms with E-state index in [4.69, 9.17) is 16.3 Å². The van der Waals surface area contributed by atoms with Gasteiger partial charge in [-0.25, -0.2) is 10.2 Å². The Balaban J connectivity index is 1.38. The van der Waals surface area contributed by atoms with Crippen LogP contribution in [0.15, 0.2) is 77.9 Å². The van der Waals surface area contributed by atoms with Gasteiger partial charge >= 0.3 is 5.97 Å². The fourth-order valence-corrected chi connectivity index (χ4v) is 4.37. The number of thiophene rings is 1. The van der Waals surface area contributed by atoms with E-state index in [0.29, 0.717) is 21.2 Å². The molecule has 0 spiro atoms. The number of nitrogens with one attached hydrogen (secondary N) is 1. The largest absolute Gasteiger partial charge is 0.423 e. The van der Waals surface area contributed by atoms with Crippen LogP contribution >= 0.6 is 22.9 Å². The van der Waals surface area contributed by atoms with Gasteiger partial charge in [-0.15, -0.1) is 11.3 Å². The second-order valence-corrected chi connectivity index (χ2v) is 8.14. The monoisotopic (exact) mass is 448 g/mol. The molecular formula is C24H17ClN2O3S. The summed E-state index contributed by atoms with van der Waals surface area (Å²) in [5.74, 6) is -0.357. The number of halogens is 1. The summed E-state index contributed by atoms with van der Waals surface area (Å²) in [6, 6.07) is 21.6. The lowest BCUT2D eigenvalue weighted by Gasteiger charge is -2.06. The first-order chi connectivity index (χ1) is 15.0. The minimum Gasteiger partial charge on any atom is -0.423 e. The number of amides is 1. The minimum absolute atomic E-state index is 0.369. The summed E-state index contributed by atoms with van der Waals surface area (Å²) in [6.07, 6.45) is 1.51. The molecule has 4 rings (SSSR count). The third kappa shape index (κ3) is 4.66. The Labute approximate surface area is 187 Å². The highest BCUT2D eigenvalue weighted by Gasteiger charge is 2.16. The van der Waals surface area contributed by atoms with Crippen LogP contribution in [0.1, 0.15) is 31.2 Å². The predicted molar refractivity (Wildman–Crippen MR) is 124 cm³/mol. The molecule has 1 N–H and O–H groups in total. The molecule has 7 heteroatoms. The SMILES string of the molecule is Cc1ccccc1C(=O)Oc1ccc(C=NNC(=O)c2sc3ccccc3c2Cl)cc1. The number of benzene rings is 3. The fraction of sp³-hybridized carbons (Fsp3) is 0.0417. The zero-order chi connectivity index (χ0) is 21.8. The van der Waals surface area contributed by atoms with Crippen molar-refractivity contribution in [2.45, 2.75) is 6.92 Å². The highest BCUT2D eigenvalue weighted by Crippen LogP contribution is 2.34. The summed E-state index contributed by atoms with van der Waals surface area (Å²) >= 11 is 7.64. The van der Waals surface area contributed by atoms with Crippen molar-refractivity contribution in [3.8, 4) is 5.75 Å². The van der Waals surface area contributed by atoms with Crippen molar-refractivity contribution in [2.24, 2.45) is 5.10 Å². The normalized spacial score (nSPS) is 11.0. The van der Waals surface area contributed by atoms with Gasteiger partial charge in [-0.1, -0.05) is 48.0 Å². The number of rotatable bonds is 5. The van der Waals surface area contributed by atoms with E-state index in [1.807, 2.05) is 43.3 Å². The molecule has 1 heterocycles. The molecule has 0 saturated carbocycles. The Morgan fingerprint density at radius 1 is 1.00 bits per heavy atom. The molecule has 0 saturated heterocycles. The van der Waals surface area contributed by atoms with Gasteiger partial charge in [0.1, 0.15) is 10.6 Å². The van der Waals surface area contributed by atoms with Crippen molar-refractivity contribution in [3.05, 3.63) is 99.4 Å². The van der Waals surface area contributed by atoms with E-state index in [1.165, 1.54) is 17.6 Å². The molecule has 0 fully saturated rings. The molecule has 3 aromatic carbocycles. The number of fused-ring (bicyclic) bond motifs is 1. The Hall–Kier alpha value is -3.48. The highest BCUT2D eigenvalue weighted by atomic mass is 35.5. The molecular weight excluding hydrogens is 432 g/mol. The van der Waals surface area contributed by atoms with Crippen LogP contribution in [0.5, 0.6) is 5.75 Å². The Morgan fingerprint density at radius 2 is 1.71 bits per heavy atom. The van der Waals surface area contributed by atoms with Gasteiger partial charge in [0.15, 0.2) is 0 Å². The maximum Gasteiger partial charge on any atom is 0.343 e. The van der Waals surface area contributed by atoms with Crippen LogP contribution in [0.3, 0.4) is 0 Å². The van der Waals surface area contributed by atoms with Gasteiger partial charge in [-0.3, -0.25) is 4.79 Å². The molecule has 0 atom stereocenters. The number of hydrogen-bond acceptors (Lipinski definition) is 5. The smallest absolute Gasteiger partial charge is 0.343 e. The van der Waals surface area contributed by atoms with Crippen molar-refractivity contribution in [3.63, 3.8) is 0 Å². The lowest BCUT2D eigenvalue weighted by Crippen LogP contribution is -2.16. The van der Waals surface area contributed by atoms with Gasteiger partial charge in [-0.2, -0.15) is 5.10 Å². The summed E-state index contributed by atoms with van der Waals surface area (Å²) in [4.78, 5) is 25.1. The quantitative estimate of drug-likeness (QED) is 0.180. The molecule has 0 radical (unpaired) electrons. The first-order valence-electron chi connectivity index (χ1n) is 9.41. The number of nitrogens with zero attached hydrogens (tertiary/aromatic N) is 1. The standard InChI is InChI=1S/C24H17ClN2O3S/c1-15-6-2-3-7-18(15)24(29)30-17-12-10-16(11-13-17)14-26-27-23(28)22-21(25)19-8-4-5-9-20(19)31-22/h2-14H,1H3,(H,27,28). The topological polar surface area (TPSA) is 67.8 Å². The molecule has 0 aliphatic carbocycles. The molecule has 4 aromatic rings. The van der Waals surface area contributed by atoms with Crippen LogP contribution in [0, 0.1) is 6.92 Å². The molecule has 0 aliphatic heterocycles. The van der Waals surface area contributed by atoms with E-state index in [-0.39, 0.29) is 5.91 Å². The second-order valence-electron chi connectivity index (χ2n) is 6.71. The number of hydrazone groups is 1. The highest BCUT2D eigenvalue weighted by molar-refractivity contribution is 7.21. The Bertz CT molecular complexity index is 1300. The van der Waals surface area contributed by atoms with Crippen LogP contribution < -0.4 is 10.2 Å². The number of carbonyl (C=O) groups is 2. The molecule has 0 aliphatic rings. The minimum atomic E-state index is -0.410. The maximum absolute atomic E-state index is 12.4. The summed E-state index contributed by atoms with van der Waals surface area (Å²) < 4.78 is 6.35. The van der Waals surface area contributed by atoms with Gasteiger partial charge < -0.3 is 4.74 Å². The van der Waals surface area contributed by atoms with E-state index in [9.17, 15) is 9.59 Å². The van der Waals surface area contributed by atoms with Crippen LogP contribution in [-0.2, 0) is 0 Å². The van der Waals surface area contributed by atoms with Gasteiger partial charge in [0, 0.05) is 10.1 Å². The summed E-state index contributed by atoms with van der Waals surface area (Å²) in [5, 5.41) is 5.27. The number of aryl methyl sites for hydroxylation is 1. The molecule has 0 unspecified atom stereocenters. The number of esters is 1. The zero-order valence-corrected chi connectivity index (χ0v) is 18.0. The van der Waals surface area contributed by atoms with Crippen LogP contribution in [-0.4, -0.2) is 18.1 Å². The lowest BCUT2D eigenvalue weighted by molar-refractivity contribution is 0.0733. The molecule has 154 valence electrons. The predicted octanol–water partition coefficient (Wildman–Crippen LogP) is 5.85. The van der Waals surface area contributed by atoms with Crippen LogP contribution in [0.4, 0.5) is 0 Å². The third-order valence-electron chi connectivity index (χ3n) is 4.58. The number of ether oxygens (including phenoxy) is 1. The number of carbonyl (C=O) groups excluding carboxylic acids is 2. The van der Waals surface area contributed by atoms with Crippen molar-refractivity contribution in [2.75, 3.05) is 0 Å². The number of hydrogen-bond donors (Lipinski definition) is 1. The van der Waals surface area contributed by atoms with Gasteiger partial charge in [0.05, 0.1) is 16.8 Å². The van der Waals surface area contributed by atoms with E-state index < -0.39 is 5.97 Å². The van der Waals surface area contributed by atoms with Crippen molar-refractivity contribution in [1.82, 2.24) is 5.43 Å². The zero-order valence-electron chi connectivity index (χ0n) is 16.5.